The van der Waals surface area contributed by atoms with Crippen LogP contribution in [0.1, 0.15) is 32.1 Å². The van der Waals surface area contributed by atoms with Crippen LogP contribution in [0.3, 0.4) is 0 Å². The van der Waals surface area contributed by atoms with Crippen molar-refractivity contribution in [2.75, 3.05) is 18.1 Å². The molecule has 2 aliphatic rings. The zero-order valence-electron chi connectivity index (χ0n) is 9.84. The maximum Gasteiger partial charge on any atom is 0.304 e. The molecule has 0 aromatic heterocycles. The van der Waals surface area contributed by atoms with E-state index in [4.69, 9.17) is 5.11 Å². The largest absolute Gasteiger partial charge is 0.481 e. The molecule has 98 valence electrons. The average molecular weight is 261 g/mol. The smallest absolute Gasteiger partial charge is 0.304 e. The third-order valence-electron chi connectivity index (χ3n) is 3.51. The monoisotopic (exact) mass is 261 g/mol. The molecule has 2 fully saturated rings. The Bertz CT molecular complexity index is 388. The second-order valence-electron chi connectivity index (χ2n) is 5.02. The zero-order valence-corrected chi connectivity index (χ0v) is 10.7. The lowest BCUT2D eigenvalue weighted by molar-refractivity contribution is -0.137. The van der Waals surface area contributed by atoms with Gasteiger partial charge in [-0.1, -0.05) is 0 Å². The van der Waals surface area contributed by atoms with Crippen LogP contribution in [0.5, 0.6) is 0 Å². The number of rotatable bonds is 5. The van der Waals surface area contributed by atoms with Gasteiger partial charge in [-0.15, -0.1) is 0 Å². The third kappa shape index (κ3) is 3.67. The number of nitrogens with zero attached hydrogens (tertiary/aromatic N) is 1. The Morgan fingerprint density at radius 1 is 1.24 bits per heavy atom. The van der Waals surface area contributed by atoms with Crippen LogP contribution in [0, 0.1) is 0 Å². The van der Waals surface area contributed by atoms with Gasteiger partial charge in [0.2, 0.25) is 0 Å². The molecule has 0 amide bonds. The molecule has 1 N–H and O–H groups in total. The Hall–Kier alpha value is -0.620. The minimum absolute atomic E-state index is 0.0422. The van der Waals surface area contributed by atoms with Gasteiger partial charge in [0.05, 0.1) is 17.9 Å². The maximum absolute atomic E-state index is 11.6. The van der Waals surface area contributed by atoms with Gasteiger partial charge < -0.3 is 5.11 Å². The number of sulfone groups is 1. The number of carbonyl (C=O) groups is 1. The predicted octanol–water partition coefficient (Wildman–Crippen LogP) is 0.503. The summed E-state index contributed by atoms with van der Waals surface area (Å²) in [4.78, 5) is 12.7. The van der Waals surface area contributed by atoms with Gasteiger partial charge in [-0.2, -0.15) is 0 Å². The normalized spacial score (nSPS) is 28.2. The molecule has 1 aliphatic heterocycles. The van der Waals surface area contributed by atoms with Crippen molar-refractivity contribution in [2.24, 2.45) is 0 Å². The first-order chi connectivity index (χ1) is 7.98. The average Bonchev–Trinajstić information content (AvgIpc) is 3.00. The van der Waals surface area contributed by atoms with Gasteiger partial charge >= 0.3 is 5.97 Å². The Morgan fingerprint density at radius 3 is 2.47 bits per heavy atom. The molecule has 17 heavy (non-hydrogen) atoms. The van der Waals surface area contributed by atoms with Crippen molar-refractivity contribution in [1.29, 1.82) is 0 Å². The molecule has 0 aromatic carbocycles. The van der Waals surface area contributed by atoms with Gasteiger partial charge in [0.1, 0.15) is 0 Å². The summed E-state index contributed by atoms with van der Waals surface area (Å²) in [6.45, 7) is 0.486. The first-order valence-corrected chi connectivity index (χ1v) is 7.98. The highest BCUT2D eigenvalue weighted by atomic mass is 32.2. The second kappa shape index (κ2) is 4.94. The second-order valence-corrected chi connectivity index (χ2v) is 7.25. The Balaban J connectivity index is 1.97. The molecule has 6 heteroatoms. The number of carboxylic acids is 1. The van der Waals surface area contributed by atoms with E-state index >= 15 is 0 Å². The molecule has 0 radical (unpaired) electrons. The van der Waals surface area contributed by atoms with Crippen LogP contribution in [-0.2, 0) is 14.6 Å². The lowest BCUT2D eigenvalue weighted by Crippen LogP contribution is -2.45. The summed E-state index contributed by atoms with van der Waals surface area (Å²) in [5.74, 6) is -0.307. The molecule has 1 heterocycles. The van der Waals surface area contributed by atoms with Crippen LogP contribution in [0.25, 0.3) is 0 Å². The van der Waals surface area contributed by atoms with Gasteiger partial charge in [-0.3, -0.25) is 9.69 Å². The van der Waals surface area contributed by atoms with Crippen molar-refractivity contribution in [3.8, 4) is 0 Å². The maximum atomic E-state index is 11.6. The van der Waals surface area contributed by atoms with E-state index in [9.17, 15) is 13.2 Å². The van der Waals surface area contributed by atoms with Crippen LogP contribution in [-0.4, -0.2) is 54.5 Å². The van der Waals surface area contributed by atoms with Crippen LogP contribution < -0.4 is 0 Å². The van der Waals surface area contributed by atoms with E-state index < -0.39 is 15.8 Å². The van der Waals surface area contributed by atoms with Crippen molar-refractivity contribution >= 4 is 15.8 Å². The van der Waals surface area contributed by atoms with Gasteiger partial charge in [0, 0.05) is 18.6 Å². The van der Waals surface area contributed by atoms with E-state index in [-0.39, 0.29) is 18.2 Å². The highest BCUT2D eigenvalue weighted by molar-refractivity contribution is 7.91. The molecule has 0 spiro atoms. The van der Waals surface area contributed by atoms with Crippen LogP contribution >= 0.6 is 0 Å². The molecule has 5 nitrogen and oxygen atoms in total. The molecule has 2 rings (SSSR count). The topological polar surface area (TPSA) is 74.7 Å². The Labute approximate surface area is 102 Å². The fourth-order valence-corrected chi connectivity index (χ4v) is 4.27. The summed E-state index contributed by atoms with van der Waals surface area (Å²) in [6, 6.07) is 0.466. The molecule has 1 atom stereocenters. The van der Waals surface area contributed by atoms with E-state index in [1.807, 2.05) is 0 Å². The fraction of sp³-hybridized carbons (Fsp3) is 0.909. The van der Waals surface area contributed by atoms with Crippen LogP contribution in [0.15, 0.2) is 0 Å². The molecule has 1 aliphatic carbocycles. The first kappa shape index (κ1) is 12.8. The predicted molar refractivity (Wildman–Crippen MR) is 63.7 cm³/mol. The molecular weight excluding hydrogens is 242 g/mol. The number of hydrogen-bond acceptors (Lipinski definition) is 4. The van der Waals surface area contributed by atoms with Gasteiger partial charge in [0.15, 0.2) is 9.84 Å². The molecule has 1 saturated carbocycles. The van der Waals surface area contributed by atoms with Crippen molar-refractivity contribution < 1.29 is 18.3 Å². The van der Waals surface area contributed by atoms with Crippen LogP contribution in [0.4, 0.5) is 0 Å². The van der Waals surface area contributed by atoms with Gasteiger partial charge in [0.25, 0.3) is 0 Å². The van der Waals surface area contributed by atoms with Crippen molar-refractivity contribution in [3.63, 3.8) is 0 Å². The summed E-state index contributed by atoms with van der Waals surface area (Å²) in [5, 5.41) is 8.72. The summed E-state index contributed by atoms with van der Waals surface area (Å²) < 4.78 is 23.2. The lowest BCUT2D eigenvalue weighted by atomic mass is 10.1. The SMILES string of the molecule is O=C(O)CCN(C1CC1)C1CCCS(=O)(=O)C1. The Morgan fingerprint density at radius 2 is 1.94 bits per heavy atom. The van der Waals surface area contributed by atoms with Crippen molar-refractivity contribution in [1.82, 2.24) is 4.90 Å². The lowest BCUT2D eigenvalue weighted by Gasteiger charge is -2.33. The standard InChI is InChI=1S/C11H19NO4S/c13-11(14)5-6-12(9-3-4-9)10-2-1-7-17(15,16)8-10/h9-10H,1-8H2,(H,13,14). The third-order valence-corrected chi connectivity index (χ3v) is 5.31. The van der Waals surface area contributed by atoms with E-state index in [2.05, 4.69) is 4.90 Å². The molecule has 0 bridgehead atoms. The number of hydrogen-bond donors (Lipinski definition) is 1. The van der Waals surface area contributed by atoms with Crippen molar-refractivity contribution in [3.05, 3.63) is 0 Å². The van der Waals surface area contributed by atoms with Crippen LogP contribution in [0.2, 0.25) is 0 Å². The summed E-state index contributed by atoms with van der Waals surface area (Å²) in [5.41, 5.74) is 0. The summed E-state index contributed by atoms with van der Waals surface area (Å²) in [6.07, 6.45) is 3.86. The molecular formula is C11H19NO4S. The molecule has 1 saturated heterocycles. The first-order valence-electron chi connectivity index (χ1n) is 6.16. The van der Waals surface area contributed by atoms with E-state index in [0.29, 0.717) is 24.8 Å². The fourth-order valence-electron chi connectivity index (χ4n) is 2.55. The summed E-state index contributed by atoms with van der Waals surface area (Å²) >= 11 is 0. The van der Waals surface area contributed by atoms with E-state index in [0.717, 1.165) is 19.3 Å². The molecule has 0 aromatic rings. The van der Waals surface area contributed by atoms with E-state index in [1.54, 1.807) is 0 Å². The Kier molecular flexibility index (Phi) is 3.73. The van der Waals surface area contributed by atoms with E-state index in [1.165, 1.54) is 0 Å². The van der Waals surface area contributed by atoms with Gasteiger partial charge in [-0.25, -0.2) is 8.42 Å². The number of carboxylic acid groups (broad SMARTS) is 1. The minimum Gasteiger partial charge on any atom is -0.481 e. The highest BCUT2D eigenvalue weighted by Gasteiger charge is 2.37. The summed E-state index contributed by atoms with van der Waals surface area (Å²) in [7, 11) is -2.91. The van der Waals surface area contributed by atoms with Crippen molar-refractivity contribution in [2.45, 2.75) is 44.2 Å². The number of aliphatic carboxylic acids is 1. The minimum atomic E-state index is -2.91. The zero-order chi connectivity index (χ0) is 12.5. The quantitative estimate of drug-likeness (QED) is 0.780. The van der Waals surface area contributed by atoms with Gasteiger partial charge in [-0.05, 0) is 25.7 Å². The highest BCUT2D eigenvalue weighted by Crippen LogP contribution is 2.31. The molecule has 1 unspecified atom stereocenters.